The summed E-state index contributed by atoms with van der Waals surface area (Å²) in [4.78, 5) is 8.83. The van der Waals surface area contributed by atoms with E-state index in [2.05, 4.69) is 41.4 Å². The zero-order valence-corrected chi connectivity index (χ0v) is 13.2. The molecule has 0 spiro atoms. The fraction of sp³-hybridized carbons (Fsp3) is 0.750. The minimum absolute atomic E-state index is 0.545. The summed E-state index contributed by atoms with van der Waals surface area (Å²) in [7, 11) is 1.93. The number of aromatic nitrogens is 2. The van der Waals surface area contributed by atoms with Gasteiger partial charge in [-0.05, 0) is 37.5 Å². The van der Waals surface area contributed by atoms with Gasteiger partial charge in [-0.2, -0.15) is 0 Å². The summed E-state index contributed by atoms with van der Waals surface area (Å²) in [6, 6.07) is 0.545. The van der Waals surface area contributed by atoms with Crippen molar-refractivity contribution in [3.8, 4) is 0 Å². The highest BCUT2D eigenvalue weighted by Crippen LogP contribution is 2.31. The second-order valence-corrected chi connectivity index (χ2v) is 6.31. The van der Waals surface area contributed by atoms with Crippen molar-refractivity contribution in [1.82, 2.24) is 9.97 Å². The van der Waals surface area contributed by atoms with Gasteiger partial charge in [0.15, 0.2) is 0 Å². The Kier molecular flexibility index (Phi) is 5.21. The van der Waals surface area contributed by atoms with E-state index >= 15 is 0 Å². The first kappa shape index (κ1) is 15.1. The molecular formula is C16H28N4. The van der Waals surface area contributed by atoms with E-state index in [1.165, 1.54) is 24.8 Å². The van der Waals surface area contributed by atoms with Gasteiger partial charge in [0.05, 0.1) is 0 Å². The molecule has 1 saturated carbocycles. The number of rotatable bonds is 5. The number of hydrogen-bond acceptors (Lipinski definition) is 4. The molecule has 2 rings (SSSR count). The fourth-order valence-corrected chi connectivity index (χ4v) is 3.50. The van der Waals surface area contributed by atoms with Crippen molar-refractivity contribution < 1.29 is 0 Å². The molecule has 1 aromatic rings. The van der Waals surface area contributed by atoms with Crippen molar-refractivity contribution in [3.05, 3.63) is 11.9 Å². The van der Waals surface area contributed by atoms with Gasteiger partial charge in [-0.15, -0.1) is 0 Å². The van der Waals surface area contributed by atoms with Gasteiger partial charge >= 0.3 is 0 Å². The van der Waals surface area contributed by atoms with Crippen molar-refractivity contribution in [3.63, 3.8) is 0 Å². The molecule has 1 aromatic heterocycles. The third-order valence-corrected chi connectivity index (χ3v) is 4.20. The predicted molar refractivity (Wildman–Crippen MR) is 85.2 cm³/mol. The van der Waals surface area contributed by atoms with Crippen LogP contribution in [0.2, 0.25) is 0 Å². The monoisotopic (exact) mass is 276 g/mol. The lowest BCUT2D eigenvalue weighted by molar-refractivity contribution is 0.280. The van der Waals surface area contributed by atoms with E-state index in [4.69, 9.17) is 0 Å². The summed E-state index contributed by atoms with van der Waals surface area (Å²) in [5.74, 6) is 3.59. The summed E-state index contributed by atoms with van der Waals surface area (Å²) in [5.41, 5.74) is 1.23. The second-order valence-electron chi connectivity index (χ2n) is 6.31. The third-order valence-electron chi connectivity index (χ3n) is 4.20. The molecule has 0 saturated heterocycles. The molecule has 1 fully saturated rings. The average molecular weight is 276 g/mol. The first-order valence-electron chi connectivity index (χ1n) is 7.92. The molecule has 2 atom stereocenters. The van der Waals surface area contributed by atoms with Crippen LogP contribution in [0.25, 0.3) is 0 Å². The normalized spacial score (nSPS) is 26.3. The lowest BCUT2D eigenvalue weighted by Gasteiger charge is -2.32. The Balaban J connectivity index is 2.15. The standard InChI is InChI=1S/C16H28N4/c1-5-6-14-15(17-4)18-10-19-16(14)20-13-8-11(2)7-12(3)9-13/h10-13H,5-9H2,1-4H3,(H2,17,18,19,20). The SMILES string of the molecule is CCCc1c(NC)ncnc1NC1CC(C)CC(C)C1. The molecule has 1 aliphatic rings. The Morgan fingerprint density at radius 1 is 1.10 bits per heavy atom. The van der Waals surface area contributed by atoms with Crippen LogP contribution in [-0.4, -0.2) is 23.1 Å². The van der Waals surface area contributed by atoms with E-state index < -0.39 is 0 Å². The summed E-state index contributed by atoms with van der Waals surface area (Å²) in [5, 5.41) is 6.86. The maximum Gasteiger partial charge on any atom is 0.134 e. The third kappa shape index (κ3) is 3.62. The molecule has 1 heterocycles. The Morgan fingerprint density at radius 3 is 2.35 bits per heavy atom. The minimum atomic E-state index is 0.545. The highest BCUT2D eigenvalue weighted by atomic mass is 15.1. The first-order valence-corrected chi connectivity index (χ1v) is 7.92. The summed E-state index contributed by atoms with van der Waals surface area (Å²) in [6.45, 7) is 6.91. The molecule has 2 N–H and O–H groups in total. The van der Waals surface area contributed by atoms with Crippen molar-refractivity contribution in [2.75, 3.05) is 17.7 Å². The summed E-state index contributed by atoms with van der Waals surface area (Å²) >= 11 is 0. The Morgan fingerprint density at radius 2 is 1.75 bits per heavy atom. The van der Waals surface area contributed by atoms with Crippen LogP contribution in [0.15, 0.2) is 6.33 Å². The van der Waals surface area contributed by atoms with Gasteiger partial charge < -0.3 is 10.6 Å². The molecule has 0 amide bonds. The quantitative estimate of drug-likeness (QED) is 0.861. The molecule has 1 aliphatic carbocycles. The maximum absolute atomic E-state index is 4.49. The van der Waals surface area contributed by atoms with Gasteiger partial charge in [0, 0.05) is 18.7 Å². The molecule has 4 heteroatoms. The smallest absolute Gasteiger partial charge is 0.134 e. The van der Waals surface area contributed by atoms with E-state index in [0.717, 1.165) is 36.3 Å². The van der Waals surface area contributed by atoms with Crippen LogP contribution in [0.4, 0.5) is 11.6 Å². The van der Waals surface area contributed by atoms with Gasteiger partial charge in [-0.3, -0.25) is 0 Å². The van der Waals surface area contributed by atoms with Crippen molar-refractivity contribution >= 4 is 11.6 Å². The van der Waals surface area contributed by atoms with Crippen molar-refractivity contribution in [1.29, 1.82) is 0 Å². The van der Waals surface area contributed by atoms with Gasteiger partial charge in [-0.25, -0.2) is 9.97 Å². The molecule has 112 valence electrons. The molecule has 2 unspecified atom stereocenters. The van der Waals surface area contributed by atoms with Crippen LogP contribution in [0, 0.1) is 11.8 Å². The van der Waals surface area contributed by atoms with E-state index in [1.807, 2.05) is 7.05 Å². The highest BCUT2D eigenvalue weighted by Gasteiger charge is 2.25. The lowest BCUT2D eigenvalue weighted by atomic mass is 9.80. The zero-order valence-electron chi connectivity index (χ0n) is 13.2. The van der Waals surface area contributed by atoms with E-state index in [-0.39, 0.29) is 0 Å². The fourth-order valence-electron chi connectivity index (χ4n) is 3.50. The van der Waals surface area contributed by atoms with Crippen LogP contribution in [-0.2, 0) is 6.42 Å². The molecule has 4 nitrogen and oxygen atoms in total. The Bertz CT molecular complexity index is 422. The molecule has 0 radical (unpaired) electrons. The number of nitrogens with zero attached hydrogens (tertiary/aromatic N) is 2. The van der Waals surface area contributed by atoms with E-state index in [0.29, 0.717) is 6.04 Å². The van der Waals surface area contributed by atoms with Crippen LogP contribution >= 0.6 is 0 Å². The molecular weight excluding hydrogens is 248 g/mol. The second kappa shape index (κ2) is 6.91. The highest BCUT2D eigenvalue weighted by molar-refractivity contribution is 5.57. The molecule has 0 aliphatic heterocycles. The van der Waals surface area contributed by atoms with Crippen molar-refractivity contribution in [2.24, 2.45) is 11.8 Å². The maximum atomic E-state index is 4.49. The average Bonchev–Trinajstić information content (AvgIpc) is 2.39. The van der Waals surface area contributed by atoms with Gasteiger partial charge in [0.1, 0.15) is 18.0 Å². The number of anilines is 2. The van der Waals surface area contributed by atoms with E-state index in [9.17, 15) is 0 Å². The van der Waals surface area contributed by atoms with Crippen LogP contribution < -0.4 is 10.6 Å². The summed E-state index contributed by atoms with van der Waals surface area (Å²) in [6.07, 6.45) is 7.61. The molecule has 20 heavy (non-hydrogen) atoms. The number of nitrogens with one attached hydrogen (secondary N) is 2. The van der Waals surface area contributed by atoms with Gasteiger partial charge in [-0.1, -0.05) is 27.2 Å². The topological polar surface area (TPSA) is 49.8 Å². The molecule has 0 aromatic carbocycles. The molecule has 0 bridgehead atoms. The van der Waals surface area contributed by atoms with Crippen LogP contribution in [0.3, 0.4) is 0 Å². The summed E-state index contributed by atoms with van der Waals surface area (Å²) < 4.78 is 0. The Labute approximate surface area is 122 Å². The predicted octanol–water partition coefficient (Wildman–Crippen LogP) is 3.71. The number of hydrogen-bond donors (Lipinski definition) is 2. The van der Waals surface area contributed by atoms with Gasteiger partial charge in [0.2, 0.25) is 0 Å². The lowest BCUT2D eigenvalue weighted by Crippen LogP contribution is -2.31. The minimum Gasteiger partial charge on any atom is -0.373 e. The van der Waals surface area contributed by atoms with Crippen molar-refractivity contribution in [2.45, 2.75) is 58.9 Å². The largest absolute Gasteiger partial charge is 0.373 e. The van der Waals surface area contributed by atoms with Gasteiger partial charge in [0.25, 0.3) is 0 Å². The van der Waals surface area contributed by atoms with Crippen LogP contribution in [0.5, 0.6) is 0 Å². The van der Waals surface area contributed by atoms with E-state index in [1.54, 1.807) is 6.33 Å². The first-order chi connectivity index (χ1) is 9.63. The zero-order chi connectivity index (χ0) is 14.5. The van der Waals surface area contributed by atoms with Crippen LogP contribution in [0.1, 0.15) is 52.0 Å². The Hall–Kier alpha value is -1.32.